The zero-order valence-corrected chi connectivity index (χ0v) is 8.84. The summed E-state index contributed by atoms with van der Waals surface area (Å²) in [5.74, 6) is -1.45. The third kappa shape index (κ3) is 4.05. The second-order valence-corrected chi connectivity index (χ2v) is 3.05. The number of carbonyl (C=O) groups is 2. The first-order valence-electron chi connectivity index (χ1n) is 4.82. The van der Waals surface area contributed by atoms with Crippen molar-refractivity contribution in [3.8, 4) is 0 Å². The zero-order chi connectivity index (χ0) is 11.8. The van der Waals surface area contributed by atoms with Crippen LogP contribution in [-0.2, 0) is 14.3 Å². The number of aldehydes is 1. The molecular formula is C9H15NO5. The second kappa shape index (κ2) is 6.92. The molecule has 0 heterocycles. The van der Waals surface area contributed by atoms with Crippen LogP contribution in [0.1, 0.15) is 26.7 Å². The van der Waals surface area contributed by atoms with Gasteiger partial charge in [-0.15, -0.1) is 0 Å². The van der Waals surface area contributed by atoms with E-state index in [1.807, 2.05) is 0 Å². The number of nitrogens with zero attached hydrogens (tertiary/aromatic N) is 1. The Morgan fingerprint density at radius 2 is 2.13 bits per heavy atom. The third-order valence-electron chi connectivity index (χ3n) is 2.13. The fourth-order valence-corrected chi connectivity index (χ4v) is 1.32. The molecular weight excluding hydrogens is 202 g/mol. The molecule has 0 saturated carbocycles. The molecule has 0 aromatic rings. The minimum Gasteiger partial charge on any atom is -0.461 e. The molecule has 0 spiro atoms. The number of hydrogen-bond donors (Lipinski definition) is 0. The largest absolute Gasteiger partial charge is 0.461 e. The third-order valence-corrected chi connectivity index (χ3v) is 2.13. The van der Waals surface area contributed by atoms with Crippen LogP contribution >= 0.6 is 0 Å². The van der Waals surface area contributed by atoms with E-state index in [9.17, 15) is 19.7 Å². The van der Waals surface area contributed by atoms with E-state index in [2.05, 4.69) is 4.74 Å². The van der Waals surface area contributed by atoms with Gasteiger partial charge in [0.25, 0.3) is 0 Å². The highest BCUT2D eigenvalue weighted by atomic mass is 16.6. The Morgan fingerprint density at radius 1 is 1.53 bits per heavy atom. The highest BCUT2D eigenvalue weighted by Gasteiger charge is 2.38. The van der Waals surface area contributed by atoms with Gasteiger partial charge in [-0.3, -0.25) is 10.1 Å². The average Bonchev–Trinajstić information content (AvgIpc) is 2.16. The molecule has 0 aliphatic carbocycles. The van der Waals surface area contributed by atoms with Gasteiger partial charge in [0, 0.05) is 17.3 Å². The van der Waals surface area contributed by atoms with E-state index in [4.69, 9.17) is 0 Å². The molecule has 0 N–H and O–H groups in total. The van der Waals surface area contributed by atoms with Crippen LogP contribution in [-0.4, -0.2) is 29.8 Å². The molecule has 0 amide bonds. The van der Waals surface area contributed by atoms with Crippen molar-refractivity contribution in [1.82, 2.24) is 0 Å². The van der Waals surface area contributed by atoms with Crippen molar-refractivity contribution in [2.75, 3.05) is 6.61 Å². The average molecular weight is 217 g/mol. The van der Waals surface area contributed by atoms with E-state index in [0.717, 1.165) is 0 Å². The van der Waals surface area contributed by atoms with Crippen molar-refractivity contribution in [3.05, 3.63) is 10.1 Å². The standard InChI is InChI=1S/C9H15NO5/c1-3-7(5-6-11)8(10(13)14)9(12)15-4-2/h6-8H,3-5H2,1-2H3/t7-,8?/m1/s1. The lowest BCUT2D eigenvalue weighted by Gasteiger charge is -2.15. The van der Waals surface area contributed by atoms with Gasteiger partial charge in [0.05, 0.1) is 6.61 Å². The van der Waals surface area contributed by atoms with Gasteiger partial charge in [-0.2, -0.15) is 0 Å². The van der Waals surface area contributed by atoms with Crippen LogP contribution in [0.5, 0.6) is 0 Å². The Balaban J connectivity index is 4.68. The number of ether oxygens (including phenoxy) is 1. The Morgan fingerprint density at radius 3 is 2.47 bits per heavy atom. The molecule has 0 saturated heterocycles. The van der Waals surface area contributed by atoms with Crippen LogP contribution in [0.4, 0.5) is 0 Å². The molecule has 6 nitrogen and oxygen atoms in total. The van der Waals surface area contributed by atoms with Gasteiger partial charge in [-0.05, 0) is 13.3 Å². The predicted molar refractivity (Wildman–Crippen MR) is 51.9 cm³/mol. The Labute approximate surface area is 87.7 Å². The monoisotopic (exact) mass is 217 g/mol. The quantitative estimate of drug-likeness (QED) is 0.272. The summed E-state index contributed by atoms with van der Waals surface area (Å²) in [6, 6.07) is -1.43. The normalized spacial score (nSPS) is 14.0. The predicted octanol–water partition coefficient (Wildman–Crippen LogP) is 0.810. The summed E-state index contributed by atoms with van der Waals surface area (Å²) in [5.41, 5.74) is 0. The highest BCUT2D eigenvalue weighted by Crippen LogP contribution is 2.16. The van der Waals surface area contributed by atoms with Crippen molar-refractivity contribution in [1.29, 1.82) is 0 Å². The fourth-order valence-electron chi connectivity index (χ4n) is 1.32. The Hall–Kier alpha value is -1.46. The maximum Gasteiger partial charge on any atom is 0.381 e. The van der Waals surface area contributed by atoms with Gasteiger partial charge in [0.2, 0.25) is 0 Å². The van der Waals surface area contributed by atoms with Crippen molar-refractivity contribution in [2.45, 2.75) is 32.7 Å². The van der Waals surface area contributed by atoms with Gasteiger partial charge in [0.15, 0.2) is 0 Å². The van der Waals surface area contributed by atoms with Crippen molar-refractivity contribution in [2.24, 2.45) is 5.92 Å². The lowest BCUT2D eigenvalue weighted by Crippen LogP contribution is -2.38. The van der Waals surface area contributed by atoms with Gasteiger partial charge >= 0.3 is 12.0 Å². The summed E-state index contributed by atoms with van der Waals surface area (Å²) >= 11 is 0. The van der Waals surface area contributed by atoms with Crippen LogP contribution in [0.25, 0.3) is 0 Å². The van der Waals surface area contributed by atoms with Crippen molar-refractivity contribution < 1.29 is 19.2 Å². The number of carbonyl (C=O) groups excluding carboxylic acids is 2. The SMILES string of the molecule is CCOC(=O)C([C@H](CC)CC=O)[N+](=O)[O-]. The summed E-state index contributed by atoms with van der Waals surface area (Å²) in [6.07, 6.45) is 0.980. The fraction of sp³-hybridized carbons (Fsp3) is 0.778. The first-order chi connectivity index (χ1) is 7.08. The Kier molecular flexibility index (Phi) is 6.24. The molecule has 86 valence electrons. The summed E-state index contributed by atoms with van der Waals surface area (Å²) in [4.78, 5) is 31.6. The van der Waals surface area contributed by atoms with E-state index >= 15 is 0 Å². The molecule has 0 rings (SSSR count). The molecule has 0 radical (unpaired) electrons. The van der Waals surface area contributed by atoms with E-state index in [0.29, 0.717) is 12.7 Å². The number of hydrogen-bond acceptors (Lipinski definition) is 5. The van der Waals surface area contributed by atoms with Crippen LogP contribution in [0.15, 0.2) is 0 Å². The van der Waals surface area contributed by atoms with E-state index < -0.39 is 22.9 Å². The van der Waals surface area contributed by atoms with Gasteiger partial charge in [0.1, 0.15) is 6.29 Å². The van der Waals surface area contributed by atoms with Gasteiger partial charge in [-0.1, -0.05) is 6.92 Å². The molecule has 0 fully saturated rings. The Bertz CT molecular complexity index is 241. The molecule has 0 aliphatic rings. The topological polar surface area (TPSA) is 86.5 Å². The summed E-state index contributed by atoms with van der Waals surface area (Å²) < 4.78 is 4.60. The number of nitro groups is 1. The first-order valence-corrected chi connectivity index (χ1v) is 4.82. The maximum atomic E-state index is 11.3. The second-order valence-electron chi connectivity index (χ2n) is 3.05. The lowest BCUT2D eigenvalue weighted by atomic mass is 9.94. The number of esters is 1. The molecule has 2 atom stereocenters. The molecule has 0 aromatic heterocycles. The molecule has 0 aliphatic heterocycles. The van der Waals surface area contributed by atoms with E-state index in [-0.39, 0.29) is 13.0 Å². The highest BCUT2D eigenvalue weighted by molar-refractivity contribution is 5.75. The minimum absolute atomic E-state index is 0.000953. The smallest absolute Gasteiger partial charge is 0.381 e. The van der Waals surface area contributed by atoms with E-state index in [1.165, 1.54) is 0 Å². The maximum absolute atomic E-state index is 11.3. The zero-order valence-electron chi connectivity index (χ0n) is 8.84. The summed E-state index contributed by atoms with van der Waals surface area (Å²) in [5, 5.41) is 10.7. The van der Waals surface area contributed by atoms with Gasteiger partial charge in [-0.25, -0.2) is 4.79 Å². The van der Waals surface area contributed by atoms with Crippen LogP contribution in [0.3, 0.4) is 0 Å². The molecule has 15 heavy (non-hydrogen) atoms. The van der Waals surface area contributed by atoms with Gasteiger partial charge < -0.3 is 9.53 Å². The minimum atomic E-state index is -1.43. The van der Waals surface area contributed by atoms with Crippen molar-refractivity contribution >= 4 is 12.3 Å². The summed E-state index contributed by atoms with van der Waals surface area (Å²) in [6.45, 7) is 3.38. The van der Waals surface area contributed by atoms with Crippen molar-refractivity contribution in [3.63, 3.8) is 0 Å². The lowest BCUT2D eigenvalue weighted by molar-refractivity contribution is -0.519. The van der Waals surface area contributed by atoms with E-state index in [1.54, 1.807) is 13.8 Å². The molecule has 6 heteroatoms. The van der Waals surface area contributed by atoms with Crippen LogP contribution < -0.4 is 0 Å². The number of rotatable bonds is 7. The first kappa shape index (κ1) is 13.5. The molecule has 0 bridgehead atoms. The molecule has 0 aromatic carbocycles. The summed E-state index contributed by atoms with van der Waals surface area (Å²) in [7, 11) is 0. The molecule has 1 unspecified atom stereocenters. The van der Waals surface area contributed by atoms with Crippen LogP contribution in [0.2, 0.25) is 0 Å². The van der Waals surface area contributed by atoms with Crippen LogP contribution in [0, 0.1) is 16.0 Å².